The third-order valence-electron chi connectivity index (χ3n) is 3.10. The number of hydrogen-bond donors (Lipinski definition) is 0. The maximum Gasteiger partial charge on any atom is 0.0962 e. The molecule has 3 heteroatoms. The predicted molar refractivity (Wildman–Crippen MR) is 62.0 cm³/mol. The van der Waals surface area contributed by atoms with E-state index < -0.39 is 0 Å². The van der Waals surface area contributed by atoms with E-state index in [2.05, 4.69) is 11.1 Å². The van der Waals surface area contributed by atoms with Gasteiger partial charge in [-0.25, -0.2) is 4.98 Å². The predicted octanol–water partition coefficient (Wildman–Crippen LogP) is 3.57. The van der Waals surface area contributed by atoms with Gasteiger partial charge >= 0.3 is 0 Å². The average Bonchev–Trinajstić information content (AvgIpc) is 2.63. The first-order valence-electron chi connectivity index (χ1n) is 5.64. The summed E-state index contributed by atoms with van der Waals surface area (Å²) in [6.45, 7) is 2.02. The Kier molecular flexibility index (Phi) is 3.37. The molecule has 0 bridgehead atoms. The molecule has 0 aliphatic heterocycles. The molecule has 80 valence electrons. The average molecular weight is 220 g/mol. The van der Waals surface area contributed by atoms with E-state index in [1.54, 1.807) is 11.3 Å². The second-order valence-corrected chi connectivity index (χ2v) is 5.35. The third kappa shape index (κ3) is 2.38. The molecule has 0 spiro atoms. The highest BCUT2D eigenvalue weighted by molar-refractivity contribution is 7.11. The van der Waals surface area contributed by atoms with E-state index in [1.807, 2.05) is 6.92 Å². The van der Waals surface area contributed by atoms with E-state index in [4.69, 9.17) is 5.26 Å². The third-order valence-corrected chi connectivity index (χ3v) is 4.42. The highest BCUT2D eigenvalue weighted by Gasteiger charge is 2.19. The van der Waals surface area contributed by atoms with Gasteiger partial charge in [0.15, 0.2) is 0 Å². The van der Waals surface area contributed by atoms with Crippen molar-refractivity contribution in [2.24, 2.45) is 0 Å². The summed E-state index contributed by atoms with van der Waals surface area (Å²) in [5.74, 6) is 0.676. The molecule has 0 amide bonds. The first-order valence-corrected chi connectivity index (χ1v) is 6.46. The van der Waals surface area contributed by atoms with Crippen molar-refractivity contribution in [3.05, 3.63) is 15.6 Å². The number of aryl methyl sites for hydroxylation is 1. The second kappa shape index (κ2) is 4.76. The minimum atomic E-state index is 0.524. The van der Waals surface area contributed by atoms with Crippen LogP contribution in [0.2, 0.25) is 0 Å². The van der Waals surface area contributed by atoms with E-state index in [0.717, 1.165) is 10.6 Å². The molecule has 1 heterocycles. The van der Waals surface area contributed by atoms with Crippen molar-refractivity contribution in [3.8, 4) is 6.07 Å². The molecular weight excluding hydrogens is 204 g/mol. The van der Waals surface area contributed by atoms with Gasteiger partial charge in [-0.05, 0) is 19.8 Å². The Hall–Kier alpha value is -0.880. The van der Waals surface area contributed by atoms with E-state index in [-0.39, 0.29) is 0 Å². The monoisotopic (exact) mass is 220 g/mol. The highest BCUT2D eigenvalue weighted by Crippen LogP contribution is 2.35. The highest BCUT2D eigenvalue weighted by atomic mass is 32.1. The van der Waals surface area contributed by atoms with E-state index in [0.29, 0.717) is 12.3 Å². The Morgan fingerprint density at radius 3 is 2.80 bits per heavy atom. The van der Waals surface area contributed by atoms with Crippen LogP contribution in [0.15, 0.2) is 0 Å². The summed E-state index contributed by atoms with van der Waals surface area (Å²) in [7, 11) is 0. The smallest absolute Gasteiger partial charge is 0.0962 e. The minimum absolute atomic E-state index is 0.524. The van der Waals surface area contributed by atoms with Crippen molar-refractivity contribution in [2.75, 3.05) is 0 Å². The van der Waals surface area contributed by atoms with Gasteiger partial charge in [0.25, 0.3) is 0 Å². The summed E-state index contributed by atoms with van der Waals surface area (Å²) in [6.07, 6.45) is 7.17. The van der Waals surface area contributed by atoms with Gasteiger partial charge in [-0.3, -0.25) is 0 Å². The molecule has 1 aromatic rings. The lowest BCUT2D eigenvalue weighted by Gasteiger charge is -2.18. The Morgan fingerprint density at radius 2 is 2.13 bits per heavy atom. The normalized spacial score (nSPS) is 17.6. The Balaban J connectivity index is 2.14. The maximum atomic E-state index is 8.69. The first-order chi connectivity index (χ1) is 7.31. The number of rotatable bonds is 2. The van der Waals surface area contributed by atoms with E-state index in [1.165, 1.54) is 37.1 Å². The Labute approximate surface area is 95.0 Å². The van der Waals surface area contributed by atoms with Crippen LogP contribution in [-0.2, 0) is 6.42 Å². The van der Waals surface area contributed by atoms with Crippen molar-refractivity contribution in [3.63, 3.8) is 0 Å². The summed E-state index contributed by atoms with van der Waals surface area (Å²) in [5, 5.41) is 9.97. The summed E-state index contributed by atoms with van der Waals surface area (Å²) in [4.78, 5) is 5.79. The molecule has 0 aromatic carbocycles. The van der Waals surface area contributed by atoms with E-state index in [9.17, 15) is 0 Å². The maximum absolute atomic E-state index is 8.69. The largest absolute Gasteiger partial charge is 0.246 e. The zero-order chi connectivity index (χ0) is 10.7. The topological polar surface area (TPSA) is 36.7 Å². The fraction of sp³-hybridized carbons (Fsp3) is 0.667. The van der Waals surface area contributed by atoms with Crippen LogP contribution < -0.4 is 0 Å². The SMILES string of the molecule is Cc1nc(C2CCCCC2)sc1CC#N. The first kappa shape index (κ1) is 10.6. The molecule has 0 unspecified atom stereocenters. The van der Waals surface area contributed by atoms with Gasteiger partial charge in [-0.1, -0.05) is 19.3 Å². The number of nitriles is 1. The van der Waals surface area contributed by atoms with Gasteiger partial charge in [0.2, 0.25) is 0 Å². The van der Waals surface area contributed by atoms with E-state index >= 15 is 0 Å². The van der Waals surface area contributed by atoms with Crippen LogP contribution in [0.3, 0.4) is 0 Å². The molecule has 0 atom stereocenters. The van der Waals surface area contributed by atoms with Gasteiger partial charge in [0.1, 0.15) is 0 Å². The quantitative estimate of drug-likeness (QED) is 0.764. The summed E-state index contributed by atoms with van der Waals surface area (Å²) in [5.41, 5.74) is 1.07. The number of hydrogen-bond acceptors (Lipinski definition) is 3. The molecule has 0 radical (unpaired) electrons. The molecule has 1 fully saturated rings. The standard InChI is InChI=1S/C12H16N2S/c1-9-11(7-8-13)15-12(14-9)10-5-3-2-4-6-10/h10H,2-7H2,1H3. The number of nitrogens with zero attached hydrogens (tertiary/aromatic N) is 2. The lowest BCUT2D eigenvalue weighted by molar-refractivity contribution is 0.442. The molecular formula is C12H16N2S. The lowest BCUT2D eigenvalue weighted by atomic mass is 9.90. The molecule has 2 nitrogen and oxygen atoms in total. The lowest BCUT2D eigenvalue weighted by Crippen LogP contribution is -2.03. The van der Waals surface area contributed by atoms with Crippen LogP contribution in [0.25, 0.3) is 0 Å². The molecule has 0 saturated heterocycles. The van der Waals surface area contributed by atoms with Crippen molar-refractivity contribution in [1.29, 1.82) is 5.26 Å². The van der Waals surface area contributed by atoms with Crippen molar-refractivity contribution < 1.29 is 0 Å². The molecule has 1 saturated carbocycles. The summed E-state index contributed by atoms with van der Waals surface area (Å²) >= 11 is 1.76. The molecule has 0 N–H and O–H groups in total. The van der Waals surface area contributed by atoms with Crippen molar-refractivity contribution >= 4 is 11.3 Å². The van der Waals surface area contributed by atoms with Crippen molar-refractivity contribution in [1.82, 2.24) is 4.98 Å². The van der Waals surface area contributed by atoms with Gasteiger partial charge < -0.3 is 0 Å². The Morgan fingerprint density at radius 1 is 1.40 bits per heavy atom. The zero-order valence-corrected chi connectivity index (χ0v) is 9.94. The van der Waals surface area contributed by atoms with Crippen LogP contribution in [0.1, 0.15) is 53.6 Å². The summed E-state index contributed by atoms with van der Waals surface area (Å²) < 4.78 is 0. The second-order valence-electron chi connectivity index (χ2n) is 4.23. The van der Waals surface area contributed by atoms with Crippen molar-refractivity contribution in [2.45, 2.75) is 51.4 Å². The van der Waals surface area contributed by atoms with Gasteiger partial charge in [-0.2, -0.15) is 5.26 Å². The van der Waals surface area contributed by atoms with Crippen LogP contribution in [0, 0.1) is 18.3 Å². The van der Waals surface area contributed by atoms with Crippen LogP contribution >= 0.6 is 11.3 Å². The van der Waals surface area contributed by atoms with Gasteiger partial charge in [-0.15, -0.1) is 11.3 Å². The van der Waals surface area contributed by atoms with Gasteiger partial charge in [0, 0.05) is 10.8 Å². The zero-order valence-electron chi connectivity index (χ0n) is 9.12. The molecule has 1 aromatic heterocycles. The fourth-order valence-corrected chi connectivity index (χ4v) is 3.38. The minimum Gasteiger partial charge on any atom is -0.246 e. The van der Waals surface area contributed by atoms with Crippen LogP contribution in [-0.4, -0.2) is 4.98 Å². The molecule has 1 aliphatic carbocycles. The fourth-order valence-electron chi connectivity index (χ4n) is 2.21. The number of thiazole rings is 1. The van der Waals surface area contributed by atoms with Crippen LogP contribution in [0.4, 0.5) is 0 Å². The molecule has 15 heavy (non-hydrogen) atoms. The molecule has 1 aliphatic rings. The molecule has 2 rings (SSSR count). The van der Waals surface area contributed by atoms with Gasteiger partial charge in [0.05, 0.1) is 23.2 Å². The van der Waals surface area contributed by atoms with Crippen LogP contribution in [0.5, 0.6) is 0 Å². The number of aromatic nitrogens is 1. The Bertz CT molecular complexity index is 369. The summed E-state index contributed by atoms with van der Waals surface area (Å²) in [6, 6.07) is 2.21.